The van der Waals surface area contributed by atoms with Crippen LogP contribution in [0.1, 0.15) is 18.4 Å². The second-order valence-electron chi connectivity index (χ2n) is 7.17. The van der Waals surface area contributed by atoms with Gasteiger partial charge < -0.3 is 20.2 Å². The van der Waals surface area contributed by atoms with E-state index in [1.54, 1.807) is 29.2 Å². The first-order valence-corrected chi connectivity index (χ1v) is 9.63. The number of amides is 2. The van der Waals surface area contributed by atoms with E-state index in [1.807, 2.05) is 36.4 Å². The largest absolute Gasteiger partial charge is 0.339 e. The molecule has 29 heavy (non-hydrogen) atoms. The van der Waals surface area contributed by atoms with Gasteiger partial charge in [0.25, 0.3) is 0 Å². The number of rotatable bonds is 4. The Morgan fingerprint density at radius 3 is 2.48 bits per heavy atom. The van der Waals surface area contributed by atoms with Crippen molar-refractivity contribution in [2.75, 3.05) is 18.4 Å². The number of hydrogen-bond donors (Lipinski definition) is 3. The van der Waals surface area contributed by atoms with Gasteiger partial charge in [-0.2, -0.15) is 0 Å². The van der Waals surface area contributed by atoms with Crippen LogP contribution in [-0.4, -0.2) is 39.8 Å². The quantitative estimate of drug-likeness (QED) is 0.598. The van der Waals surface area contributed by atoms with Crippen molar-refractivity contribution in [1.29, 1.82) is 0 Å². The van der Waals surface area contributed by atoms with Crippen molar-refractivity contribution in [3.63, 3.8) is 0 Å². The monoisotopic (exact) mass is 390 g/mol. The molecule has 3 N–H and O–H groups in total. The molecule has 0 unspecified atom stereocenters. The van der Waals surface area contributed by atoms with Crippen LogP contribution >= 0.6 is 0 Å². The number of aromatic amines is 2. The molecule has 2 heterocycles. The van der Waals surface area contributed by atoms with Gasteiger partial charge in [-0.1, -0.05) is 30.3 Å². The van der Waals surface area contributed by atoms with Gasteiger partial charge in [-0.3, -0.25) is 9.59 Å². The van der Waals surface area contributed by atoms with Crippen LogP contribution in [0.4, 0.5) is 5.69 Å². The summed E-state index contributed by atoms with van der Waals surface area (Å²) in [6.45, 7) is 1.11. The summed E-state index contributed by atoms with van der Waals surface area (Å²) in [7, 11) is 0. The highest BCUT2D eigenvalue weighted by Gasteiger charge is 2.26. The van der Waals surface area contributed by atoms with E-state index in [1.165, 1.54) is 0 Å². The fourth-order valence-corrected chi connectivity index (χ4v) is 3.55. The van der Waals surface area contributed by atoms with Crippen molar-refractivity contribution in [3.8, 4) is 0 Å². The first-order valence-electron chi connectivity index (χ1n) is 9.63. The highest BCUT2D eigenvalue weighted by atomic mass is 16.2. The lowest BCUT2D eigenvalue weighted by atomic mass is 9.95. The summed E-state index contributed by atoms with van der Waals surface area (Å²) in [6, 6.07) is 14.9. The zero-order valence-electron chi connectivity index (χ0n) is 15.9. The van der Waals surface area contributed by atoms with Crippen LogP contribution in [-0.2, 0) is 9.59 Å². The maximum atomic E-state index is 12.6. The lowest BCUT2D eigenvalue weighted by Gasteiger charge is -2.30. The highest BCUT2D eigenvalue weighted by molar-refractivity contribution is 5.95. The van der Waals surface area contributed by atoms with Gasteiger partial charge in [-0.05, 0) is 42.7 Å². The normalized spacial score (nSPS) is 15.1. The summed E-state index contributed by atoms with van der Waals surface area (Å²) in [5.41, 5.74) is 2.70. The predicted octanol–water partition coefficient (Wildman–Crippen LogP) is 2.75. The Kier molecular flexibility index (Phi) is 5.29. The number of likely N-dealkylation sites (tertiary alicyclic amines) is 1. The Hall–Kier alpha value is -3.61. The molecule has 0 atom stereocenters. The number of fused-ring (bicyclic) bond motifs is 1. The fraction of sp³-hybridized carbons (Fsp3) is 0.227. The SMILES string of the molecule is O=C(Nc1ccc2[nH]c(=O)[nH]c2c1)C1CCN(C(=O)C=Cc2ccccc2)CC1. The third-order valence-corrected chi connectivity index (χ3v) is 5.18. The maximum absolute atomic E-state index is 12.6. The molecule has 1 aliphatic heterocycles. The Morgan fingerprint density at radius 2 is 1.72 bits per heavy atom. The van der Waals surface area contributed by atoms with E-state index < -0.39 is 0 Å². The first-order chi connectivity index (χ1) is 14.1. The smallest absolute Gasteiger partial charge is 0.323 e. The van der Waals surface area contributed by atoms with E-state index in [-0.39, 0.29) is 23.4 Å². The van der Waals surface area contributed by atoms with Crippen molar-refractivity contribution in [3.05, 3.63) is 70.7 Å². The van der Waals surface area contributed by atoms with Gasteiger partial charge in [-0.15, -0.1) is 0 Å². The van der Waals surface area contributed by atoms with E-state index >= 15 is 0 Å². The second kappa shape index (κ2) is 8.18. The van der Waals surface area contributed by atoms with Gasteiger partial charge in [0, 0.05) is 30.8 Å². The molecule has 2 amide bonds. The number of carbonyl (C=O) groups excluding carboxylic acids is 2. The molecule has 1 fully saturated rings. The number of carbonyl (C=O) groups is 2. The van der Waals surface area contributed by atoms with Crippen LogP contribution in [0.2, 0.25) is 0 Å². The molecular weight excluding hydrogens is 368 g/mol. The molecule has 2 aromatic carbocycles. The topological polar surface area (TPSA) is 98.1 Å². The Balaban J connectivity index is 1.31. The van der Waals surface area contributed by atoms with E-state index in [2.05, 4.69) is 15.3 Å². The lowest BCUT2D eigenvalue weighted by molar-refractivity contribution is -0.130. The van der Waals surface area contributed by atoms with E-state index in [9.17, 15) is 14.4 Å². The molecule has 7 heteroatoms. The number of hydrogen-bond acceptors (Lipinski definition) is 3. The first kappa shape index (κ1) is 18.7. The summed E-state index contributed by atoms with van der Waals surface area (Å²) in [4.78, 5) is 43.4. The van der Waals surface area contributed by atoms with Crippen molar-refractivity contribution in [2.45, 2.75) is 12.8 Å². The number of nitrogens with zero attached hydrogens (tertiary/aromatic N) is 1. The minimum absolute atomic E-state index is 0.0328. The molecule has 4 rings (SSSR count). The van der Waals surface area contributed by atoms with Crippen molar-refractivity contribution in [2.24, 2.45) is 5.92 Å². The van der Waals surface area contributed by atoms with E-state index in [0.29, 0.717) is 42.7 Å². The van der Waals surface area contributed by atoms with Gasteiger partial charge >= 0.3 is 5.69 Å². The second-order valence-corrected chi connectivity index (χ2v) is 7.17. The van der Waals surface area contributed by atoms with Gasteiger partial charge in [0.1, 0.15) is 0 Å². The van der Waals surface area contributed by atoms with E-state index in [4.69, 9.17) is 0 Å². The minimum Gasteiger partial charge on any atom is -0.339 e. The predicted molar refractivity (Wildman–Crippen MR) is 112 cm³/mol. The van der Waals surface area contributed by atoms with Gasteiger partial charge in [0.05, 0.1) is 11.0 Å². The van der Waals surface area contributed by atoms with E-state index in [0.717, 1.165) is 5.56 Å². The third kappa shape index (κ3) is 4.45. The zero-order valence-corrected chi connectivity index (χ0v) is 15.9. The average Bonchev–Trinajstić information content (AvgIpc) is 3.12. The maximum Gasteiger partial charge on any atom is 0.323 e. The van der Waals surface area contributed by atoms with Gasteiger partial charge in [0.15, 0.2) is 0 Å². The van der Waals surface area contributed by atoms with Crippen molar-refractivity contribution in [1.82, 2.24) is 14.9 Å². The number of imidazole rings is 1. The summed E-state index contributed by atoms with van der Waals surface area (Å²) in [5.74, 6) is -0.234. The summed E-state index contributed by atoms with van der Waals surface area (Å²) < 4.78 is 0. The summed E-state index contributed by atoms with van der Waals surface area (Å²) in [5, 5.41) is 2.91. The zero-order chi connectivity index (χ0) is 20.2. The molecule has 0 aliphatic carbocycles. The van der Waals surface area contributed by atoms with Crippen molar-refractivity contribution < 1.29 is 9.59 Å². The minimum atomic E-state index is -0.276. The van der Waals surface area contributed by atoms with Crippen LogP contribution < -0.4 is 11.0 Å². The molecule has 0 radical (unpaired) electrons. The van der Waals surface area contributed by atoms with Crippen LogP contribution in [0.5, 0.6) is 0 Å². The Bertz CT molecular complexity index is 1110. The number of aromatic nitrogens is 2. The molecule has 0 bridgehead atoms. The standard InChI is InChI=1S/C22H22N4O3/c27-20(9-6-15-4-2-1-3-5-15)26-12-10-16(11-13-26)21(28)23-17-7-8-18-19(14-17)25-22(29)24-18/h1-9,14,16H,10-13H2,(H,23,28)(H2,24,25,29). The molecule has 148 valence electrons. The molecule has 1 aliphatic rings. The van der Waals surface area contributed by atoms with Crippen LogP contribution in [0, 0.1) is 5.92 Å². The molecule has 0 saturated carbocycles. The molecule has 0 spiro atoms. The molecule has 7 nitrogen and oxygen atoms in total. The molecule has 3 aromatic rings. The number of benzene rings is 2. The molecule has 1 saturated heterocycles. The molecular formula is C22H22N4O3. The average molecular weight is 390 g/mol. The Morgan fingerprint density at radius 1 is 1.00 bits per heavy atom. The fourth-order valence-electron chi connectivity index (χ4n) is 3.55. The van der Waals surface area contributed by atoms with Crippen LogP contribution in [0.3, 0.4) is 0 Å². The highest BCUT2D eigenvalue weighted by Crippen LogP contribution is 2.21. The number of nitrogens with one attached hydrogen (secondary N) is 3. The summed E-state index contributed by atoms with van der Waals surface area (Å²) in [6.07, 6.45) is 4.64. The molecule has 1 aromatic heterocycles. The number of H-pyrrole nitrogens is 2. The van der Waals surface area contributed by atoms with Gasteiger partial charge in [0.2, 0.25) is 11.8 Å². The lowest BCUT2D eigenvalue weighted by Crippen LogP contribution is -2.40. The number of piperidine rings is 1. The number of anilines is 1. The van der Waals surface area contributed by atoms with Crippen molar-refractivity contribution >= 4 is 34.6 Å². The Labute approximate surface area is 167 Å². The van der Waals surface area contributed by atoms with Crippen LogP contribution in [0.25, 0.3) is 17.1 Å². The van der Waals surface area contributed by atoms with Crippen LogP contribution in [0.15, 0.2) is 59.4 Å². The third-order valence-electron chi connectivity index (χ3n) is 5.18. The van der Waals surface area contributed by atoms with Gasteiger partial charge in [-0.25, -0.2) is 4.79 Å². The summed E-state index contributed by atoms with van der Waals surface area (Å²) >= 11 is 0.